The molecule has 0 heterocycles. The average molecular weight is 277 g/mol. The van der Waals surface area contributed by atoms with E-state index >= 15 is 0 Å². The minimum Gasteiger partial charge on any atom is -0.353 e. The zero-order valence-corrected chi connectivity index (χ0v) is 12.8. The van der Waals surface area contributed by atoms with Crippen molar-refractivity contribution in [1.82, 2.24) is 5.32 Å². The van der Waals surface area contributed by atoms with Crippen LogP contribution in [0.4, 0.5) is 0 Å². The lowest BCUT2D eigenvalue weighted by Crippen LogP contribution is -2.44. The predicted molar refractivity (Wildman–Crippen MR) is 78.9 cm³/mol. The SMILES string of the molecule is CC(C)(C)CCC(=O)NC1CCCCC1CN.Cl. The molecule has 4 heteroatoms. The van der Waals surface area contributed by atoms with Crippen LogP contribution in [0.5, 0.6) is 0 Å². The molecule has 3 nitrogen and oxygen atoms in total. The summed E-state index contributed by atoms with van der Waals surface area (Å²) < 4.78 is 0. The number of halogens is 1. The first-order valence-electron chi connectivity index (χ1n) is 6.92. The van der Waals surface area contributed by atoms with Gasteiger partial charge < -0.3 is 11.1 Å². The van der Waals surface area contributed by atoms with Gasteiger partial charge in [-0.05, 0) is 37.1 Å². The minimum atomic E-state index is 0. The highest BCUT2D eigenvalue weighted by Crippen LogP contribution is 2.24. The van der Waals surface area contributed by atoms with Crippen molar-refractivity contribution in [1.29, 1.82) is 0 Å². The van der Waals surface area contributed by atoms with Gasteiger partial charge in [-0.15, -0.1) is 12.4 Å². The Labute approximate surface area is 118 Å². The summed E-state index contributed by atoms with van der Waals surface area (Å²) in [5, 5.41) is 3.17. The van der Waals surface area contributed by atoms with Gasteiger partial charge in [0, 0.05) is 12.5 Å². The second kappa shape index (κ2) is 8.00. The summed E-state index contributed by atoms with van der Waals surface area (Å²) in [4.78, 5) is 11.9. The maximum atomic E-state index is 11.9. The number of carbonyl (C=O) groups is 1. The van der Waals surface area contributed by atoms with E-state index in [1.165, 1.54) is 19.3 Å². The van der Waals surface area contributed by atoms with Crippen molar-refractivity contribution >= 4 is 18.3 Å². The second-order valence-corrected chi connectivity index (χ2v) is 6.51. The van der Waals surface area contributed by atoms with Crippen molar-refractivity contribution in [3.63, 3.8) is 0 Å². The Kier molecular flexibility index (Phi) is 7.88. The largest absolute Gasteiger partial charge is 0.353 e. The van der Waals surface area contributed by atoms with Crippen LogP contribution in [0, 0.1) is 11.3 Å². The summed E-state index contributed by atoms with van der Waals surface area (Å²) in [6.45, 7) is 7.21. The van der Waals surface area contributed by atoms with E-state index in [2.05, 4.69) is 26.1 Å². The summed E-state index contributed by atoms with van der Waals surface area (Å²) in [6.07, 6.45) is 6.33. The maximum Gasteiger partial charge on any atom is 0.220 e. The molecule has 0 bridgehead atoms. The summed E-state index contributed by atoms with van der Waals surface area (Å²) >= 11 is 0. The number of carbonyl (C=O) groups excluding carboxylic acids is 1. The molecule has 1 aliphatic carbocycles. The van der Waals surface area contributed by atoms with Gasteiger partial charge in [-0.3, -0.25) is 4.79 Å². The molecular weight excluding hydrogens is 248 g/mol. The molecule has 0 aromatic heterocycles. The van der Waals surface area contributed by atoms with Gasteiger partial charge in [0.15, 0.2) is 0 Å². The molecule has 18 heavy (non-hydrogen) atoms. The molecule has 1 fully saturated rings. The Morgan fingerprint density at radius 3 is 2.44 bits per heavy atom. The topological polar surface area (TPSA) is 55.1 Å². The van der Waals surface area contributed by atoms with Crippen LogP contribution in [-0.4, -0.2) is 18.5 Å². The van der Waals surface area contributed by atoms with Gasteiger partial charge in [0.1, 0.15) is 0 Å². The van der Waals surface area contributed by atoms with Crippen molar-refractivity contribution < 1.29 is 4.79 Å². The minimum absolute atomic E-state index is 0. The highest BCUT2D eigenvalue weighted by molar-refractivity contribution is 5.85. The molecular formula is C14H29ClN2O. The molecule has 0 radical (unpaired) electrons. The summed E-state index contributed by atoms with van der Waals surface area (Å²) in [5.74, 6) is 0.688. The monoisotopic (exact) mass is 276 g/mol. The predicted octanol–water partition coefficient (Wildman–Crippen LogP) is 2.87. The zero-order valence-electron chi connectivity index (χ0n) is 12.0. The summed E-state index contributed by atoms with van der Waals surface area (Å²) in [7, 11) is 0. The first-order valence-corrected chi connectivity index (χ1v) is 6.92. The Balaban J connectivity index is 0.00000289. The van der Waals surface area contributed by atoms with Crippen LogP contribution in [-0.2, 0) is 4.79 Å². The van der Waals surface area contributed by atoms with Crippen LogP contribution in [0.15, 0.2) is 0 Å². The van der Waals surface area contributed by atoms with E-state index < -0.39 is 0 Å². The molecule has 1 rings (SSSR count). The number of hydrogen-bond acceptors (Lipinski definition) is 2. The van der Waals surface area contributed by atoms with Crippen LogP contribution in [0.2, 0.25) is 0 Å². The second-order valence-electron chi connectivity index (χ2n) is 6.51. The van der Waals surface area contributed by atoms with E-state index in [0.29, 0.717) is 24.9 Å². The maximum absolute atomic E-state index is 11.9. The molecule has 0 spiro atoms. The van der Waals surface area contributed by atoms with E-state index in [0.717, 1.165) is 12.8 Å². The first kappa shape index (κ1) is 17.7. The van der Waals surface area contributed by atoms with E-state index in [-0.39, 0.29) is 23.7 Å². The summed E-state index contributed by atoms with van der Waals surface area (Å²) in [6, 6.07) is 0.321. The molecule has 1 saturated carbocycles. The molecule has 2 unspecified atom stereocenters. The van der Waals surface area contributed by atoms with Gasteiger partial charge in [-0.25, -0.2) is 0 Å². The van der Waals surface area contributed by atoms with Crippen LogP contribution in [0.3, 0.4) is 0 Å². The molecule has 1 aliphatic rings. The Bertz CT molecular complexity index is 251. The fraction of sp³-hybridized carbons (Fsp3) is 0.929. The van der Waals surface area contributed by atoms with Crippen molar-refractivity contribution in [3.8, 4) is 0 Å². The van der Waals surface area contributed by atoms with Crippen LogP contribution < -0.4 is 11.1 Å². The molecule has 108 valence electrons. The normalized spacial score (nSPS) is 24.2. The van der Waals surface area contributed by atoms with Gasteiger partial charge in [0.05, 0.1) is 0 Å². The number of rotatable bonds is 4. The van der Waals surface area contributed by atoms with Gasteiger partial charge in [-0.1, -0.05) is 33.6 Å². The van der Waals surface area contributed by atoms with Gasteiger partial charge in [0.25, 0.3) is 0 Å². The van der Waals surface area contributed by atoms with E-state index in [1.54, 1.807) is 0 Å². The van der Waals surface area contributed by atoms with Crippen molar-refractivity contribution in [2.45, 2.75) is 65.3 Å². The van der Waals surface area contributed by atoms with Crippen LogP contribution >= 0.6 is 12.4 Å². The first-order chi connectivity index (χ1) is 7.92. The average Bonchev–Trinajstić information content (AvgIpc) is 2.26. The number of hydrogen-bond donors (Lipinski definition) is 2. The van der Waals surface area contributed by atoms with E-state index in [4.69, 9.17) is 5.73 Å². The third kappa shape index (κ3) is 6.60. The molecule has 0 aromatic carbocycles. The lowest BCUT2D eigenvalue weighted by molar-refractivity contribution is -0.122. The van der Waals surface area contributed by atoms with Gasteiger partial charge >= 0.3 is 0 Å². The smallest absolute Gasteiger partial charge is 0.220 e. The van der Waals surface area contributed by atoms with Crippen LogP contribution in [0.25, 0.3) is 0 Å². The summed E-state index contributed by atoms with van der Waals surface area (Å²) in [5.41, 5.74) is 5.99. The Morgan fingerprint density at radius 1 is 1.28 bits per heavy atom. The third-order valence-electron chi connectivity index (χ3n) is 3.66. The van der Waals surface area contributed by atoms with Gasteiger partial charge in [-0.2, -0.15) is 0 Å². The Hall–Kier alpha value is -0.280. The van der Waals surface area contributed by atoms with Crippen molar-refractivity contribution in [2.24, 2.45) is 17.1 Å². The molecule has 0 aliphatic heterocycles. The lowest BCUT2D eigenvalue weighted by atomic mass is 9.84. The molecule has 3 N–H and O–H groups in total. The highest BCUT2D eigenvalue weighted by Gasteiger charge is 2.25. The third-order valence-corrected chi connectivity index (χ3v) is 3.66. The van der Waals surface area contributed by atoms with Crippen LogP contribution in [0.1, 0.15) is 59.3 Å². The van der Waals surface area contributed by atoms with Crippen molar-refractivity contribution in [3.05, 3.63) is 0 Å². The van der Waals surface area contributed by atoms with Crippen molar-refractivity contribution in [2.75, 3.05) is 6.54 Å². The fourth-order valence-corrected chi connectivity index (χ4v) is 2.45. The Morgan fingerprint density at radius 2 is 1.89 bits per heavy atom. The zero-order chi connectivity index (χ0) is 12.9. The van der Waals surface area contributed by atoms with Gasteiger partial charge in [0.2, 0.25) is 5.91 Å². The molecule has 2 atom stereocenters. The molecule has 0 saturated heterocycles. The number of nitrogens with two attached hydrogens (primary N) is 1. The standard InChI is InChI=1S/C14H28N2O.ClH/c1-14(2,3)9-8-13(17)16-12-7-5-4-6-11(12)10-15;/h11-12H,4-10,15H2,1-3H3,(H,16,17);1H. The van der Waals surface area contributed by atoms with E-state index in [1.807, 2.05) is 0 Å². The number of nitrogens with one attached hydrogen (secondary N) is 1. The van der Waals surface area contributed by atoms with E-state index in [9.17, 15) is 4.79 Å². The fourth-order valence-electron chi connectivity index (χ4n) is 2.45. The molecule has 1 amide bonds. The number of amides is 1. The lowest BCUT2D eigenvalue weighted by Gasteiger charge is -2.31. The quantitative estimate of drug-likeness (QED) is 0.830. The molecule has 0 aromatic rings. The highest BCUT2D eigenvalue weighted by atomic mass is 35.5.